The van der Waals surface area contributed by atoms with Gasteiger partial charge in [-0.25, -0.2) is 9.67 Å². The number of hydrogen-bond donors (Lipinski definition) is 1. The second-order valence-corrected chi connectivity index (χ2v) is 6.53. The third-order valence-corrected chi connectivity index (χ3v) is 4.74. The molecule has 0 bridgehead atoms. The van der Waals surface area contributed by atoms with Crippen molar-refractivity contribution in [3.05, 3.63) is 66.2 Å². The highest BCUT2D eigenvalue weighted by Gasteiger charge is 2.14. The van der Waals surface area contributed by atoms with Gasteiger partial charge in [0, 0.05) is 30.0 Å². The normalized spacial score (nSPS) is 13.8. The number of anilines is 2. The van der Waals surface area contributed by atoms with Gasteiger partial charge in [0.25, 0.3) is 5.91 Å². The maximum Gasteiger partial charge on any atom is 0.255 e. The van der Waals surface area contributed by atoms with Gasteiger partial charge in [-0.2, -0.15) is 5.10 Å². The molecule has 0 radical (unpaired) electrons. The van der Waals surface area contributed by atoms with Crippen molar-refractivity contribution >= 4 is 17.3 Å². The van der Waals surface area contributed by atoms with Crippen LogP contribution in [0.2, 0.25) is 0 Å². The molecule has 1 aliphatic heterocycles. The molecule has 1 amide bonds. The van der Waals surface area contributed by atoms with Gasteiger partial charge in [-0.3, -0.25) is 4.79 Å². The first kappa shape index (κ1) is 16.3. The van der Waals surface area contributed by atoms with E-state index in [4.69, 9.17) is 0 Å². The molecular formula is C20H21N5O. The zero-order valence-corrected chi connectivity index (χ0v) is 14.7. The summed E-state index contributed by atoms with van der Waals surface area (Å²) in [7, 11) is 0. The molecule has 2 heterocycles. The van der Waals surface area contributed by atoms with Crippen LogP contribution in [0.3, 0.4) is 0 Å². The van der Waals surface area contributed by atoms with Crippen LogP contribution in [0.1, 0.15) is 28.8 Å². The highest BCUT2D eigenvalue weighted by atomic mass is 16.1. The summed E-state index contributed by atoms with van der Waals surface area (Å²) in [6.07, 6.45) is 5.61. The fraction of sp³-hybridized carbons (Fsp3) is 0.250. The zero-order chi connectivity index (χ0) is 17.9. The first-order valence-corrected chi connectivity index (χ1v) is 8.83. The van der Waals surface area contributed by atoms with Crippen molar-refractivity contribution in [2.75, 3.05) is 23.3 Å². The van der Waals surface area contributed by atoms with Gasteiger partial charge >= 0.3 is 0 Å². The molecule has 132 valence electrons. The lowest BCUT2D eigenvalue weighted by molar-refractivity contribution is 0.102. The van der Waals surface area contributed by atoms with Gasteiger partial charge in [-0.05, 0) is 67.8 Å². The Labute approximate surface area is 152 Å². The van der Waals surface area contributed by atoms with Gasteiger partial charge in [0.2, 0.25) is 0 Å². The first-order chi connectivity index (χ1) is 12.7. The molecule has 0 saturated carbocycles. The second kappa shape index (κ2) is 7.00. The molecule has 1 N–H and O–H groups in total. The predicted molar refractivity (Wildman–Crippen MR) is 102 cm³/mol. The standard InChI is InChI=1S/C20H21N5O/c1-15-12-18(24-10-2-3-11-24)8-9-19(15)23-20(26)16-4-6-17(7-5-16)25-14-21-13-22-25/h4-9,12-14H,2-3,10-11H2,1H3,(H,23,26). The minimum Gasteiger partial charge on any atom is -0.372 e. The Bertz CT molecular complexity index is 896. The fourth-order valence-corrected chi connectivity index (χ4v) is 3.26. The van der Waals surface area contributed by atoms with Gasteiger partial charge in [0.15, 0.2) is 0 Å². The van der Waals surface area contributed by atoms with Gasteiger partial charge in [0.05, 0.1) is 5.69 Å². The van der Waals surface area contributed by atoms with Crippen LogP contribution in [-0.2, 0) is 0 Å². The number of rotatable bonds is 4. The van der Waals surface area contributed by atoms with E-state index in [0.29, 0.717) is 5.56 Å². The van der Waals surface area contributed by atoms with E-state index in [-0.39, 0.29) is 5.91 Å². The highest BCUT2D eigenvalue weighted by molar-refractivity contribution is 6.04. The number of hydrogen-bond acceptors (Lipinski definition) is 4. The number of aryl methyl sites for hydroxylation is 1. The molecule has 1 aliphatic rings. The summed E-state index contributed by atoms with van der Waals surface area (Å²) in [6.45, 7) is 4.26. The van der Waals surface area contributed by atoms with Crippen molar-refractivity contribution in [1.29, 1.82) is 0 Å². The maximum absolute atomic E-state index is 12.5. The van der Waals surface area contributed by atoms with Crippen LogP contribution >= 0.6 is 0 Å². The number of aromatic nitrogens is 3. The Kier molecular flexibility index (Phi) is 4.39. The van der Waals surface area contributed by atoms with E-state index in [0.717, 1.165) is 30.0 Å². The summed E-state index contributed by atoms with van der Waals surface area (Å²) >= 11 is 0. The van der Waals surface area contributed by atoms with Crippen LogP contribution in [0.4, 0.5) is 11.4 Å². The summed E-state index contributed by atoms with van der Waals surface area (Å²) in [5.74, 6) is -0.118. The van der Waals surface area contributed by atoms with E-state index in [2.05, 4.69) is 32.4 Å². The molecular weight excluding hydrogens is 326 g/mol. The van der Waals surface area contributed by atoms with Crippen molar-refractivity contribution < 1.29 is 4.79 Å². The molecule has 0 atom stereocenters. The Morgan fingerprint density at radius 1 is 1.04 bits per heavy atom. The number of benzene rings is 2. The third kappa shape index (κ3) is 3.31. The lowest BCUT2D eigenvalue weighted by Crippen LogP contribution is -2.18. The molecule has 1 fully saturated rings. The van der Waals surface area contributed by atoms with Crippen LogP contribution in [0.5, 0.6) is 0 Å². The average molecular weight is 347 g/mol. The largest absolute Gasteiger partial charge is 0.372 e. The average Bonchev–Trinajstić information content (AvgIpc) is 3.37. The Morgan fingerprint density at radius 3 is 2.42 bits per heavy atom. The van der Waals surface area contributed by atoms with Crippen LogP contribution < -0.4 is 10.2 Å². The monoisotopic (exact) mass is 347 g/mol. The van der Waals surface area contributed by atoms with Gasteiger partial charge in [-0.15, -0.1) is 0 Å². The molecule has 2 aromatic carbocycles. The highest BCUT2D eigenvalue weighted by Crippen LogP contribution is 2.26. The number of nitrogens with zero attached hydrogens (tertiary/aromatic N) is 4. The smallest absolute Gasteiger partial charge is 0.255 e. The summed E-state index contributed by atoms with van der Waals surface area (Å²) in [6, 6.07) is 13.5. The van der Waals surface area contributed by atoms with Crippen molar-refractivity contribution in [1.82, 2.24) is 14.8 Å². The predicted octanol–water partition coefficient (Wildman–Crippen LogP) is 3.43. The summed E-state index contributed by atoms with van der Waals surface area (Å²) in [5.41, 5.74) is 4.62. The minimum atomic E-state index is -0.118. The molecule has 1 saturated heterocycles. The second-order valence-electron chi connectivity index (χ2n) is 6.53. The van der Waals surface area contributed by atoms with E-state index in [1.165, 1.54) is 24.9 Å². The van der Waals surface area contributed by atoms with Gasteiger partial charge in [-0.1, -0.05) is 0 Å². The van der Waals surface area contributed by atoms with E-state index < -0.39 is 0 Å². The maximum atomic E-state index is 12.5. The van der Waals surface area contributed by atoms with Crippen LogP contribution in [-0.4, -0.2) is 33.8 Å². The summed E-state index contributed by atoms with van der Waals surface area (Å²) < 4.78 is 1.66. The van der Waals surface area contributed by atoms with Crippen LogP contribution in [0.25, 0.3) is 5.69 Å². The van der Waals surface area contributed by atoms with Crippen molar-refractivity contribution in [3.63, 3.8) is 0 Å². The Morgan fingerprint density at radius 2 is 1.77 bits per heavy atom. The van der Waals surface area contributed by atoms with Gasteiger partial charge in [0.1, 0.15) is 12.7 Å². The molecule has 26 heavy (non-hydrogen) atoms. The molecule has 6 nitrogen and oxygen atoms in total. The van der Waals surface area contributed by atoms with Crippen molar-refractivity contribution in [2.24, 2.45) is 0 Å². The van der Waals surface area contributed by atoms with Crippen molar-refractivity contribution in [2.45, 2.75) is 19.8 Å². The van der Waals surface area contributed by atoms with E-state index >= 15 is 0 Å². The number of carbonyl (C=O) groups excluding carboxylic acids is 1. The summed E-state index contributed by atoms with van der Waals surface area (Å²) in [5, 5.41) is 7.09. The molecule has 3 aromatic rings. The Hall–Kier alpha value is -3.15. The van der Waals surface area contributed by atoms with E-state index in [9.17, 15) is 4.79 Å². The number of amides is 1. The topological polar surface area (TPSA) is 63.1 Å². The van der Waals surface area contributed by atoms with E-state index in [1.54, 1.807) is 23.1 Å². The van der Waals surface area contributed by atoms with Gasteiger partial charge < -0.3 is 10.2 Å². The number of carbonyl (C=O) groups is 1. The quantitative estimate of drug-likeness (QED) is 0.785. The molecule has 6 heteroatoms. The summed E-state index contributed by atoms with van der Waals surface area (Å²) in [4.78, 5) is 18.9. The molecule has 0 spiro atoms. The first-order valence-electron chi connectivity index (χ1n) is 8.83. The van der Waals surface area contributed by atoms with Crippen LogP contribution in [0.15, 0.2) is 55.1 Å². The SMILES string of the molecule is Cc1cc(N2CCCC2)ccc1NC(=O)c1ccc(-n2cncn2)cc1. The zero-order valence-electron chi connectivity index (χ0n) is 14.7. The molecule has 4 rings (SSSR count). The fourth-order valence-electron chi connectivity index (χ4n) is 3.26. The lowest BCUT2D eigenvalue weighted by Gasteiger charge is -2.19. The Balaban J connectivity index is 1.47. The van der Waals surface area contributed by atoms with E-state index in [1.807, 2.05) is 25.1 Å². The number of nitrogens with one attached hydrogen (secondary N) is 1. The third-order valence-electron chi connectivity index (χ3n) is 4.74. The lowest BCUT2D eigenvalue weighted by atomic mass is 10.1. The molecule has 0 unspecified atom stereocenters. The minimum absolute atomic E-state index is 0.118. The van der Waals surface area contributed by atoms with Crippen molar-refractivity contribution in [3.8, 4) is 5.69 Å². The van der Waals surface area contributed by atoms with Crippen LogP contribution in [0, 0.1) is 6.92 Å². The molecule has 0 aliphatic carbocycles. The molecule has 1 aromatic heterocycles.